The molecule has 0 atom stereocenters. The van der Waals surface area contributed by atoms with Crippen molar-refractivity contribution in [3.63, 3.8) is 0 Å². The fraction of sp³-hybridized carbons (Fsp3) is 0.364. The molecule has 0 aromatic carbocycles. The van der Waals surface area contributed by atoms with Crippen LogP contribution in [-0.4, -0.2) is 21.3 Å². The van der Waals surface area contributed by atoms with Gasteiger partial charge in [-0.2, -0.15) is 5.10 Å². The summed E-state index contributed by atoms with van der Waals surface area (Å²) in [5.74, 6) is 0. The predicted octanol–water partition coefficient (Wildman–Crippen LogP) is 1.60. The quantitative estimate of drug-likeness (QED) is 0.781. The summed E-state index contributed by atoms with van der Waals surface area (Å²) in [7, 11) is 0. The summed E-state index contributed by atoms with van der Waals surface area (Å²) in [6.45, 7) is 4.07. The van der Waals surface area contributed by atoms with E-state index in [9.17, 15) is 5.11 Å². The lowest BCUT2D eigenvalue weighted by molar-refractivity contribution is 0.215. The molecule has 2 heterocycles. The predicted molar refractivity (Wildman–Crippen MR) is 55.3 cm³/mol. The number of rotatable bonds is 2. The van der Waals surface area contributed by atoms with Crippen LogP contribution < -0.4 is 0 Å². The molecule has 0 saturated heterocycles. The highest BCUT2D eigenvalue weighted by atomic mass is 16.3. The van der Waals surface area contributed by atoms with E-state index >= 15 is 0 Å². The summed E-state index contributed by atoms with van der Waals surface area (Å²) >= 11 is 0. The van der Waals surface area contributed by atoms with E-state index in [-0.39, 0.29) is 12.0 Å². The van der Waals surface area contributed by atoms with Gasteiger partial charge in [-0.05, 0) is 18.2 Å². The second-order valence-electron chi connectivity index (χ2n) is 4.14. The van der Waals surface area contributed by atoms with E-state index in [0.717, 1.165) is 11.2 Å². The van der Waals surface area contributed by atoms with Crippen molar-refractivity contribution in [3.8, 4) is 0 Å². The zero-order valence-corrected chi connectivity index (χ0v) is 8.44. The van der Waals surface area contributed by atoms with Gasteiger partial charge >= 0.3 is 0 Å². The molecule has 3 heteroatoms. The summed E-state index contributed by atoms with van der Waals surface area (Å²) < 4.78 is 1.83. The van der Waals surface area contributed by atoms with Gasteiger partial charge in [-0.25, -0.2) is 4.52 Å². The Morgan fingerprint density at radius 1 is 1.43 bits per heavy atom. The van der Waals surface area contributed by atoms with Crippen LogP contribution >= 0.6 is 0 Å². The SMILES string of the molecule is CC(C)(CO)c1cc2ccccn2n1. The lowest BCUT2D eigenvalue weighted by Gasteiger charge is -2.17. The first-order valence-electron chi connectivity index (χ1n) is 4.69. The van der Waals surface area contributed by atoms with Crippen LogP contribution in [0.15, 0.2) is 30.5 Å². The standard InChI is InChI=1S/C11H14N2O/c1-11(2,8-14)10-7-9-5-3-4-6-13(9)12-10/h3-7,14H,8H2,1-2H3. The van der Waals surface area contributed by atoms with E-state index in [0.29, 0.717) is 0 Å². The smallest absolute Gasteiger partial charge is 0.0714 e. The van der Waals surface area contributed by atoms with Gasteiger partial charge in [-0.15, -0.1) is 0 Å². The molecule has 2 aromatic rings. The van der Waals surface area contributed by atoms with E-state index in [1.54, 1.807) is 0 Å². The molecule has 0 bridgehead atoms. The van der Waals surface area contributed by atoms with Gasteiger partial charge in [0.2, 0.25) is 0 Å². The van der Waals surface area contributed by atoms with Crippen molar-refractivity contribution < 1.29 is 5.11 Å². The third-order valence-electron chi connectivity index (χ3n) is 2.46. The minimum absolute atomic E-state index is 0.108. The molecule has 0 unspecified atom stereocenters. The third-order valence-corrected chi connectivity index (χ3v) is 2.46. The Labute approximate surface area is 83.0 Å². The van der Waals surface area contributed by atoms with Gasteiger partial charge in [0.15, 0.2) is 0 Å². The minimum atomic E-state index is -0.272. The topological polar surface area (TPSA) is 37.5 Å². The van der Waals surface area contributed by atoms with Crippen molar-refractivity contribution in [2.24, 2.45) is 0 Å². The molecule has 1 N–H and O–H groups in total. The van der Waals surface area contributed by atoms with Crippen LogP contribution in [0.3, 0.4) is 0 Å². The van der Waals surface area contributed by atoms with E-state index in [2.05, 4.69) is 5.10 Å². The fourth-order valence-corrected chi connectivity index (χ4v) is 1.35. The molecule has 0 amide bonds. The summed E-state index contributed by atoms with van der Waals surface area (Å²) in [6, 6.07) is 7.93. The summed E-state index contributed by atoms with van der Waals surface area (Å²) in [6.07, 6.45) is 1.91. The zero-order chi connectivity index (χ0) is 10.2. The van der Waals surface area contributed by atoms with Gasteiger partial charge < -0.3 is 5.11 Å². The first-order chi connectivity index (χ1) is 6.63. The Bertz CT molecular complexity index is 412. The Kier molecular flexibility index (Phi) is 2.04. The Balaban J connectivity index is 2.55. The molecule has 2 aromatic heterocycles. The third kappa shape index (κ3) is 1.40. The maximum atomic E-state index is 9.22. The summed E-state index contributed by atoms with van der Waals surface area (Å²) in [4.78, 5) is 0. The van der Waals surface area contributed by atoms with Crippen LogP contribution in [0.25, 0.3) is 5.52 Å². The molecule has 14 heavy (non-hydrogen) atoms. The van der Waals surface area contributed by atoms with Gasteiger partial charge in [-0.3, -0.25) is 0 Å². The second-order valence-corrected chi connectivity index (χ2v) is 4.14. The van der Waals surface area contributed by atoms with Gasteiger partial charge in [0.05, 0.1) is 17.8 Å². The van der Waals surface area contributed by atoms with Crippen molar-refractivity contribution in [2.75, 3.05) is 6.61 Å². The largest absolute Gasteiger partial charge is 0.395 e. The number of aromatic nitrogens is 2. The maximum Gasteiger partial charge on any atom is 0.0714 e. The number of nitrogens with zero attached hydrogens (tertiary/aromatic N) is 2. The van der Waals surface area contributed by atoms with Crippen molar-refractivity contribution in [1.82, 2.24) is 9.61 Å². The van der Waals surface area contributed by atoms with E-state index in [1.807, 2.05) is 48.8 Å². The highest BCUT2D eigenvalue weighted by Gasteiger charge is 2.22. The maximum absolute atomic E-state index is 9.22. The number of aliphatic hydroxyl groups is 1. The monoisotopic (exact) mass is 190 g/mol. The Morgan fingerprint density at radius 3 is 2.86 bits per heavy atom. The second kappa shape index (κ2) is 3.10. The lowest BCUT2D eigenvalue weighted by atomic mass is 9.91. The molecule has 74 valence electrons. The fourth-order valence-electron chi connectivity index (χ4n) is 1.35. The number of fused-ring (bicyclic) bond motifs is 1. The molecule has 0 aliphatic heterocycles. The van der Waals surface area contributed by atoms with Crippen molar-refractivity contribution >= 4 is 5.52 Å². The molecule has 0 aliphatic rings. The van der Waals surface area contributed by atoms with Gasteiger partial charge in [-0.1, -0.05) is 19.9 Å². The van der Waals surface area contributed by atoms with Crippen molar-refractivity contribution in [1.29, 1.82) is 0 Å². The van der Waals surface area contributed by atoms with Gasteiger partial charge in [0.1, 0.15) is 0 Å². The summed E-state index contributed by atoms with van der Waals surface area (Å²) in [5.41, 5.74) is 1.71. The molecular formula is C11H14N2O. The van der Waals surface area contributed by atoms with Crippen LogP contribution in [0.1, 0.15) is 19.5 Å². The van der Waals surface area contributed by atoms with E-state index in [4.69, 9.17) is 0 Å². The number of hydrogen-bond donors (Lipinski definition) is 1. The van der Waals surface area contributed by atoms with Gasteiger partial charge in [0, 0.05) is 11.6 Å². The van der Waals surface area contributed by atoms with E-state index < -0.39 is 0 Å². The average molecular weight is 190 g/mol. The molecule has 0 saturated carbocycles. The molecule has 0 spiro atoms. The number of pyridine rings is 1. The summed E-state index contributed by atoms with van der Waals surface area (Å²) in [5, 5.41) is 13.6. The van der Waals surface area contributed by atoms with E-state index in [1.165, 1.54) is 0 Å². The first-order valence-corrected chi connectivity index (χ1v) is 4.69. The van der Waals surface area contributed by atoms with Crippen LogP contribution in [-0.2, 0) is 5.41 Å². The molecular weight excluding hydrogens is 176 g/mol. The highest BCUT2D eigenvalue weighted by molar-refractivity contribution is 5.48. The van der Waals surface area contributed by atoms with Crippen LogP contribution in [0, 0.1) is 0 Å². The van der Waals surface area contributed by atoms with Crippen molar-refractivity contribution in [3.05, 3.63) is 36.2 Å². The molecule has 0 fully saturated rings. The number of hydrogen-bond acceptors (Lipinski definition) is 2. The minimum Gasteiger partial charge on any atom is -0.395 e. The zero-order valence-electron chi connectivity index (χ0n) is 8.44. The molecule has 3 nitrogen and oxygen atoms in total. The lowest BCUT2D eigenvalue weighted by Crippen LogP contribution is -2.22. The van der Waals surface area contributed by atoms with Gasteiger partial charge in [0.25, 0.3) is 0 Å². The first kappa shape index (κ1) is 9.21. The Morgan fingerprint density at radius 2 is 2.21 bits per heavy atom. The van der Waals surface area contributed by atoms with Crippen LogP contribution in [0.5, 0.6) is 0 Å². The Hall–Kier alpha value is -1.35. The molecule has 0 radical (unpaired) electrons. The van der Waals surface area contributed by atoms with Crippen molar-refractivity contribution in [2.45, 2.75) is 19.3 Å². The molecule has 0 aliphatic carbocycles. The normalized spacial score (nSPS) is 12.2. The van der Waals surface area contributed by atoms with Crippen LogP contribution in [0.2, 0.25) is 0 Å². The highest BCUT2D eigenvalue weighted by Crippen LogP contribution is 2.21. The van der Waals surface area contributed by atoms with Crippen LogP contribution in [0.4, 0.5) is 0 Å². The number of aliphatic hydroxyl groups excluding tert-OH is 1. The molecule has 2 rings (SSSR count). The average Bonchev–Trinajstić information content (AvgIpc) is 2.61.